The van der Waals surface area contributed by atoms with E-state index in [2.05, 4.69) is 20.5 Å². The molecular formula is C14H13ClN4OS. The standard InChI is InChI=1S/C14H13ClN4OS/c1-10(21-14-16-7-4-8-17-14)13(20)19-18-9-11-5-2-3-6-12(11)15/h2-10H,1H3,(H,19,20). The molecule has 1 atom stereocenters. The SMILES string of the molecule is CC(Sc1ncccn1)C(=O)NN=Cc1ccccc1Cl. The highest BCUT2D eigenvalue weighted by molar-refractivity contribution is 8.00. The number of nitrogens with zero attached hydrogens (tertiary/aromatic N) is 3. The molecule has 2 rings (SSSR count). The van der Waals surface area contributed by atoms with Gasteiger partial charge in [0.2, 0.25) is 0 Å². The van der Waals surface area contributed by atoms with Crippen molar-refractivity contribution < 1.29 is 4.79 Å². The van der Waals surface area contributed by atoms with Gasteiger partial charge in [-0.15, -0.1) is 0 Å². The minimum atomic E-state index is -0.351. The van der Waals surface area contributed by atoms with Gasteiger partial charge in [0.15, 0.2) is 5.16 Å². The second kappa shape index (κ2) is 7.75. The third kappa shape index (κ3) is 4.84. The summed E-state index contributed by atoms with van der Waals surface area (Å²) in [4.78, 5) is 20.0. The largest absolute Gasteiger partial charge is 0.272 e. The average Bonchev–Trinajstić information content (AvgIpc) is 2.50. The van der Waals surface area contributed by atoms with Crippen molar-refractivity contribution in [3.05, 3.63) is 53.3 Å². The fraction of sp³-hybridized carbons (Fsp3) is 0.143. The maximum atomic E-state index is 11.9. The number of amides is 1. The van der Waals surface area contributed by atoms with Gasteiger partial charge in [0.1, 0.15) is 0 Å². The quantitative estimate of drug-likeness (QED) is 0.398. The summed E-state index contributed by atoms with van der Waals surface area (Å²) in [6.07, 6.45) is 4.78. The van der Waals surface area contributed by atoms with Gasteiger partial charge in [-0.1, -0.05) is 41.6 Å². The summed E-state index contributed by atoms with van der Waals surface area (Å²) in [6.45, 7) is 1.77. The van der Waals surface area contributed by atoms with Gasteiger partial charge >= 0.3 is 0 Å². The first-order valence-corrected chi connectivity index (χ1v) is 7.43. The third-order valence-electron chi connectivity index (χ3n) is 2.48. The van der Waals surface area contributed by atoms with E-state index in [9.17, 15) is 4.79 Å². The normalized spacial score (nSPS) is 12.3. The number of hydrogen-bond acceptors (Lipinski definition) is 5. The molecule has 2 aromatic rings. The number of halogens is 1. The number of rotatable bonds is 5. The summed E-state index contributed by atoms with van der Waals surface area (Å²) in [6, 6.07) is 8.98. The summed E-state index contributed by atoms with van der Waals surface area (Å²) in [5, 5.41) is 4.68. The van der Waals surface area contributed by atoms with Crippen molar-refractivity contribution >= 4 is 35.5 Å². The first-order chi connectivity index (χ1) is 10.2. The summed E-state index contributed by atoms with van der Waals surface area (Å²) in [5.74, 6) is -0.226. The van der Waals surface area contributed by atoms with Crippen molar-refractivity contribution in [2.24, 2.45) is 5.10 Å². The van der Waals surface area contributed by atoms with Crippen LogP contribution in [0, 0.1) is 0 Å². The summed E-state index contributed by atoms with van der Waals surface area (Å²) >= 11 is 7.25. The molecule has 0 aliphatic rings. The lowest BCUT2D eigenvalue weighted by atomic mass is 10.2. The van der Waals surface area contributed by atoms with Gasteiger partial charge in [-0.05, 0) is 19.1 Å². The van der Waals surface area contributed by atoms with Crippen LogP contribution >= 0.6 is 23.4 Å². The minimum absolute atomic E-state index is 0.226. The summed E-state index contributed by atoms with van der Waals surface area (Å²) in [7, 11) is 0. The molecule has 1 aromatic heterocycles. The van der Waals surface area contributed by atoms with Crippen LogP contribution < -0.4 is 5.43 Å². The van der Waals surface area contributed by atoms with Crippen LogP contribution in [0.5, 0.6) is 0 Å². The van der Waals surface area contributed by atoms with Crippen molar-refractivity contribution in [1.82, 2.24) is 15.4 Å². The van der Waals surface area contributed by atoms with Crippen molar-refractivity contribution in [3.63, 3.8) is 0 Å². The highest BCUT2D eigenvalue weighted by Crippen LogP contribution is 2.18. The van der Waals surface area contributed by atoms with Gasteiger partial charge in [-0.3, -0.25) is 4.79 Å². The topological polar surface area (TPSA) is 67.2 Å². The van der Waals surface area contributed by atoms with Gasteiger partial charge in [0, 0.05) is 23.0 Å². The Morgan fingerprint density at radius 1 is 1.33 bits per heavy atom. The monoisotopic (exact) mass is 320 g/mol. The Kier molecular flexibility index (Phi) is 5.71. The molecular weight excluding hydrogens is 308 g/mol. The molecule has 0 fully saturated rings. The number of hydrogen-bond donors (Lipinski definition) is 1. The van der Waals surface area contributed by atoms with Gasteiger partial charge in [0.05, 0.1) is 11.5 Å². The zero-order chi connectivity index (χ0) is 15.1. The van der Waals surface area contributed by atoms with Gasteiger partial charge in [-0.25, -0.2) is 15.4 Å². The molecule has 0 aliphatic carbocycles. The fourth-order valence-electron chi connectivity index (χ4n) is 1.39. The molecule has 1 N–H and O–H groups in total. The molecule has 0 spiro atoms. The highest BCUT2D eigenvalue weighted by Gasteiger charge is 2.14. The van der Waals surface area contributed by atoms with Crippen LogP contribution in [-0.4, -0.2) is 27.3 Å². The maximum absolute atomic E-state index is 11.9. The number of aromatic nitrogens is 2. The summed E-state index contributed by atoms with van der Waals surface area (Å²) in [5.41, 5.74) is 3.22. The number of thioether (sulfide) groups is 1. The van der Waals surface area contributed by atoms with Crippen molar-refractivity contribution in [3.8, 4) is 0 Å². The maximum Gasteiger partial charge on any atom is 0.253 e. The first kappa shape index (κ1) is 15.5. The number of benzene rings is 1. The molecule has 1 amide bonds. The van der Waals surface area contributed by atoms with Gasteiger partial charge in [0.25, 0.3) is 5.91 Å². The van der Waals surface area contributed by atoms with Crippen molar-refractivity contribution in [2.45, 2.75) is 17.3 Å². The Hall–Kier alpha value is -1.92. The van der Waals surface area contributed by atoms with Crippen LogP contribution in [0.1, 0.15) is 12.5 Å². The number of hydrazone groups is 1. The molecule has 108 valence electrons. The molecule has 1 heterocycles. The highest BCUT2D eigenvalue weighted by atomic mass is 35.5. The Balaban J connectivity index is 1.88. The van der Waals surface area contributed by atoms with Crippen LogP contribution in [0.2, 0.25) is 5.02 Å². The minimum Gasteiger partial charge on any atom is -0.272 e. The molecule has 0 saturated heterocycles. The molecule has 1 aromatic carbocycles. The molecule has 5 nitrogen and oxygen atoms in total. The van der Waals surface area contributed by atoms with Crippen LogP contribution in [0.4, 0.5) is 0 Å². The van der Waals surface area contributed by atoms with Crippen LogP contribution in [-0.2, 0) is 4.79 Å². The lowest BCUT2D eigenvalue weighted by Gasteiger charge is -2.07. The van der Waals surface area contributed by atoms with Gasteiger partial charge in [-0.2, -0.15) is 5.10 Å². The second-order valence-corrected chi connectivity index (χ2v) is 5.76. The first-order valence-electron chi connectivity index (χ1n) is 6.18. The molecule has 0 aliphatic heterocycles. The van der Waals surface area contributed by atoms with E-state index < -0.39 is 0 Å². The predicted molar refractivity (Wildman–Crippen MR) is 84.5 cm³/mol. The van der Waals surface area contributed by atoms with E-state index in [0.29, 0.717) is 10.2 Å². The van der Waals surface area contributed by atoms with Crippen molar-refractivity contribution in [2.75, 3.05) is 0 Å². The van der Waals surface area contributed by atoms with Crippen LogP contribution in [0.25, 0.3) is 0 Å². The second-order valence-electron chi connectivity index (χ2n) is 4.05. The molecule has 0 radical (unpaired) electrons. The third-order valence-corrected chi connectivity index (χ3v) is 3.81. The molecule has 1 unspecified atom stereocenters. The van der Waals surface area contributed by atoms with Crippen molar-refractivity contribution in [1.29, 1.82) is 0 Å². The Labute approximate surface area is 131 Å². The number of carbonyl (C=O) groups is 1. The number of carbonyl (C=O) groups excluding carboxylic acids is 1. The van der Waals surface area contributed by atoms with Gasteiger partial charge < -0.3 is 0 Å². The Morgan fingerprint density at radius 2 is 2.05 bits per heavy atom. The zero-order valence-corrected chi connectivity index (χ0v) is 12.8. The Morgan fingerprint density at radius 3 is 2.76 bits per heavy atom. The molecule has 0 bridgehead atoms. The lowest BCUT2D eigenvalue weighted by molar-refractivity contribution is -0.120. The smallest absolute Gasteiger partial charge is 0.253 e. The number of nitrogens with one attached hydrogen (secondary N) is 1. The molecule has 7 heteroatoms. The van der Waals surface area contributed by atoms with E-state index >= 15 is 0 Å². The van der Waals surface area contributed by atoms with Crippen LogP contribution in [0.15, 0.2) is 53.0 Å². The lowest BCUT2D eigenvalue weighted by Crippen LogP contribution is -2.27. The predicted octanol–water partition coefficient (Wildman–Crippen LogP) is 2.76. The van der Waals surface area contributed by atoms with Crippen LogP contribution in [0.3, 0.4) is 0 Å². The van der Waals surface area contributed by atoms with E-state index in [4.69, 9.17) is 11.6 Å². The van der Waals surface area contributed by atoms with E-state index in [1.54, 1.807) is 31.5 Å². The average molecular weight is 321 g/mol. The molecule has 21 heavy (non-hydrogen) atoms. The van der Waals surface area contributed by atoms with E-state index in [1.165, 1.54) is 18.0 Å². The molecule has 0 saturated carbocycles. The van der Waals surface area contributed by atoms with E-state index in [1.807, 2.05) is 18.2 Å². The van der Waals surface area contributed by atoms with E-state index in [0.717, 1.165) is 5.56 Å². The zero-order valence-electron chi connectivity index (χ0n) is 11.2. The van der Waals surface area contributed by atoms with E-state index in [-0.39, 0.29) is 11.2 Å². The fourth-order valence-corrected chi connectivity index (χ4v) is 2.30. The Bertz CT molecular complexity index is 636. The summed E-state index contributed by atoms with van der Waals surface area (Å²) < 4.78 is 0.